The van der Waals surface area contributed by atoms with Gasteiger partial charge in [0.1, 0.15) is 17.6 Å². The molecule has 32 heavy (non-hydrogen) atoms. The van der Waals surface area contributed by atoms with Gasteiger partial charge in [-0.3, -0.25) is 9.59 Å². The summed E-state index contributed by atoms with van der Waals surface area (Å²) in [4.78, 5) is 27.5. The van der Waals surface area contributed by atoms with Crippen molar-refractivity contribution in [1.82, 2.24) is 10.2 Å². The van der Waals surface area contributed by atoms with E-state index in [4.69, 9.17) is 4.74 Å². The SMILES string of the molecule is CCCCNC(=O)[C@H](CC)N(Cc1ccc(F)cc1)C(=O)COc1ccc(CC)cc1Br. The number of hydrogen-bond donors (Lipinski definition) is 1. The van der Waals surface area contributed by atoms with Crippen LogP contribution in [0.25, 0.3) is 0 Å². The Balaban J connectivity index is 2.18. The molecule has 5 nitrogen and oxygen atoms in total. The topological polar surface area (TPSA) is 58.6 Å². The number of unbranched alkanes of at least 4 members (excludes halogenated alkanes) is 1. The van der Waals surface area contributed by atoms with Crippen LogP contribution in [-0.4, -0.2) is 35.9 Å². The second-order valence-electron chi connectivity index (χ2n) is 7.62. The molecule has 0 heterocycles. The number of nitrogens with one attached hydrogen (secondary N) is 1. The summed E-state index contributed by atoms with van der Waals surface area (Å²) in [5.74, 6) is -0.277. The number of ether oxygens (including phenoxy) is 1. The zero-order valence-corrected chi connectivity index (χ0v) is 20.6. The van der Waals surface area contributed by atoms with E-state index in [0.717, 1.165) is 34.9 Å². The van der Waals surface area contributed by atoms with Gasteiger partial charge in [-0.2, -0.15) is 0 Å². The third-order valence-corrected chi connectivity index (χ3v) is 5.86. The van der Waals surface area contributed by atoms with Crippen LogP contribution < -0.4 is 10.1 Å². The first kappa shape index (κ1) is 25.8. The maximum atomic E-state index is 13.3. The van der Waals surface area contributed by atoms with E-state index in [2.05, 4.69) is 35.1 Å². The Bertz CT molecular complexity index is 889. The Morgan fingerprint density at radius 3 is 2.38 bits per heavy atom. The number of hydrogen-bond acceptors (Lipinski definition) is 3. The smallest absolute Gasteiger partial charge is 0.261 e. The van der Waals surface area contributed by atoms with Gasteiger partial charge in [0.05, 0.1) is 4.47 Å². The molecular weight excluding hydrogens is 475 g/mol. The van der Waals surface area contributed by atoms with E-state index in [1.165, 1.54) is 17.0 Å². The van der Waals surface area contributed by atoms with Gasteiger partial charge in [0.2, 0.25) is 5.91 Å². The Hall–Kier alpha value is -2.41. The lowest BCUT2D eigenvalue weighted by molar-refractivity contribution is -0.143. The Kier molecular flexibility index (Phi) is 10.7. The Labute approximate surface area is 198 Å². The van der Waals surface area contributed by atoms with Crippen molar-refractivity contribution in [3.05, 3.63) is 63.9 Å². The van der Waals surface area contributed by atoms with Crippen molar-refractivity contribution in [3.63, 3.8) is 0 Å². The highest BCUT2D eigenvalue weighted by molar-refractivity contribution is 9.10. The fourth-order valence-electron chi connectivity index (χ4n) is 3.32. The number of aryl methyl sites for hydroxylation is 1. The quantitative estimate of drug-likeness (QED) is 0.399. The fourth-order valence-corrected chi connectivity index (χ4v) is 3.86. The molecule has 0 saturated heterocycles. The summed E-state index contributed by atoms with van der Waals surface area (Å²) >= 11 is 3.49. The number of amides is 2. The molecule has 2 aromatic rings. The van der Waals surface area contributed by atoms with Crippen LogP contribution in [0, 0.1) is 5.82 Å². The molecule has 2 amide bonds. The average molecular weight is 507 g/mol. The summed E-state index contributed by atoms with van der Waals surface area (Å²) in [7, 11) is 0. The van der Waals surface area contributed by atoms with Gasteiger partial charge in [-0.05, 0) is 70.6 Å². The maximum absolute atomic E-state index is 13.3. The molecule has 7 heteroatoms. The van der Waals surface area contributed by atoms with Gasteiger partial charge in [0, 0.05) is 13.1 Å². The summed E-state index contributed by atoms with van der Waals surface area (Å²) in [6.45, 7) is 6.54. The predicted molar refractivity (Wildman–Crippen MR) is 128 cm³/mol. The molecule has 2 rings (SSSR count). The maximum Gasteiger partial charge on any atom is 0.261 e. The molecule has 1 N–H and O–H groups in total. The first-order chi connectivity index (χ1) is 15.4. The van der Waals surface area contributed by atoms with Crippen LogP contribution >= 0.6 is 15.9 Å². The van der Waals surface area contributed by atoms with Crippen molar-refractivity contribution in [3.8, 4) is 5.75 Å². The van der Waals surface area contributed by atoms with E-state index in [0.29, 0.717) is 18.7 Å². The lowest BCUT2D eigenvalue weighted by atomic mass is 10.1. The number of carbonyl (C=O) groups is 2. The number of halogens is 2. The van der Waals surface area contributed by atoms with Gasteiger partial charge in [0.15, 0.2) is 6.61 Å². The van der Waals surface area contributed by atoms with Gasteiger partial charge in [-0.25, -0.2) is 4.39 Å². The van der Waals surface area contributed by atoms with Gasteiger partial charge >= 0.3 is 0 Å². The van der Waals surface area contributed by atoms with Crippen LogP contribution in [0.3, 0.4) is 0 Å². The van der Waals surface area contributed by atoms with Crippen molar-refractivity contribution in [2.45, 2.75) is 59.0 Å². The fraction of sp³-hybridized carbons (Fsp3) is 0.440. The number of benzene rings is 2. The molecule has 0 unspecified atom stereocenters. The highest BCUT2D eigenvalue weighted by Crippen LogP contribution is 2.26. The van der Waals surface area contributed by atoms with Crippen molar-refractivity contribution in [2.24, 2.45) is 0 Å². The second kappa shape index (κ2) is 13.2. The summed E-state index contributed by atoms with van der Waals surface area (Å²) < 4.78 is 19.9. The predicted octanol–water partition coefficient (Wildman–Crippen LogP) is 5.25. The van der Waals surface area contributed by atoms with E-state index in [-0.39, 0.29) is 30.8 Å². The molecule has 0 aromatic heterocycles. The Morgan fingerprint density at radius 2 is 1.78 bits per heavy atom. The van der Waals surface area contributed by atoms with Crippen molar-refractivity contribution >= 4 is 27.7 Å². The van der Waals surface area contributed by atoms with Crippen LogP contribution in [0.4, 0.5) is 4.39 Å². The second-order valence-corrected chi connectivity index (χ2v) is 8.48. The highest BCUT2D eigenvalue weighted by Gasteiger charge is 2.29. The summed E-state index contributed by atoms with van der Waals surface area (Å²) in [5, 5.41) is 2.92. The monoisotopic (exact) mass is 506 g/mol. The minimum Gasteiger partial charge on any atom is -0.483 e. The molecule has 1 atom stereocenters. The van der Waals surface area contributed by atoms with Crippen molar-refractivity contribution < 1.29 is 18.7 Å². The number of nitrogens with zero attached hydrogens (tertiary/aromatic N) is 1. The zero-order chi connectivity index (χ0) is 23.5. The minimum absolute atomic E-state index is 0.190. The molecule has 0 radical (unpaired) electrons. The average Bonchev–Trinajstić information content (AvgIpc) is 2.79. The van der Waals surface area contributed by atoms with E-state index >= 15 is 0 Å². The highest BCUT2D eigenvalue weighted by atomic mass is 79.9. The molecule has 0 fully saturated rings. The Morgan fingerprint density at radius 1 is 1.09 bits per heavy atom. The molecule has 0 aliphatic rings. The third-order valence-electron chi connectivity index (χ3n) is 5.24. The summed E-state index contributed by atoms with van der Waals surface area (Å²) in [5.41, 5.74) is 1.90. The molecule has 174 valence electrons. The van der Waals surface area contributed by atoms with Crippen LogP contribution in [0.2, 0.25) is 0 Å². The first-order valence-corrected chi connectivity index (χ1v) is 11.9. The molecule has 0 aliphatic carbocycles. The normalized spacial score (nSPS) is 11.7. The molecule has 2 aromatic carbocycles. The van der Waals surface area contributed by atoms with Crippen LogP contribution in [0.15, 0.2) is 46.9 Å². The largest absolute Gasteiger partial charge is 0.483 e. The lowest BCUT2D eigenvalue weighted by Gasteiger charge is -2.30. The summed E-state index contributed by atoms with van der Waals surface area (Å²) in [6, 6.07) is 11.1. The molecule has 0 saturated carbocycles. The van der Waals surface area contributed by atoms with Gasteiger partial charge in [-0.1, -0.05) is 45.4 Å². The summed E-state index contributed by atoms with van der Waals surface area (Å²) in [6.07, 6.45) is 3.20. The van der Waals surface area contributed by atoms with Crippen molar-refractivity contribution in [1.29, 1.82) is 0 Å². The zero-order valence-electron chi connectivity index (χ0n) is 19.0. The van der Waals surface area contributed by atoms with Gasteiger partial charge < -0.3 is 15.0 Å². The lowest BCUT2D eigenvalue weighted by Crippen LogP contribution is -2.50. The third kappa shape index (κ3) is 7.62. The standard InChI is InChI=1S/C25H32BrFN2O3/c1-4-7-14-28-25(31)22(6-3)29(16-19-8-11-20(27)12-9-19)24(30)17-32-23-13-10-18(5-2)15-21(23)26/h8-13,15,22H,4-7,14,16-17H2,1-3H3,(H,28,31)/t22-/m0/s1. The van der Waals surface area contributed by atoms with E-state index in [1.807, 2.05) is 25.1 Å². The van der Waals surface area contributed by atoms with Gasteiger partial charge in [-0.15, -0.1) is 0 Å². The number of rotatable bonds is 12. The van der Waals surface area contributed by atoms with Crippen LogP contribution in [0.1, 0.15) is 51.2 Å². The van der Waals surface area contributed by atoms with Crippen LogP contribution in [-0.2, 0) is 22.6 Å². The first-order valence-electron chi connectivity index (χ1n) is 11.1. The van der Waals surface area contributed by atoms with E-state index in [9.17, 15) is 14.0 Å². The molecule has 0 spiro atoms. The minimum atomic E-state index is -0.640. The van der Waals surface area contributed by atoms with E-state index < -0.39 is 6.04 Å². The van der Waals surface area contributed by atoms with E-state index in [1.54, 1.807) is 12.1 Å². The molecule has 0 bridgehead atoms. The van der Waals surface area contributed by atoms with Gasteiger partial charge in [0.25, 0.3) is 5.91 Å². The number of carbonyl (C=O) groups excluding carboxylic acids is 2. The molecular formula is C25H32BrFN2O3. The molecule has 0 aliphatic heterocycles. The van der Waals surface area contributed by atoms with Crippen LogP contribution in [0.5, 0.6) is 5.75 Å². The van der Waals surface area contributed by atoms with Crippen molar-refractivity contribution in [2.75, 3.05) is 13.2 Å².